The summed E-state index contributed by atoms with van der Waals surface area (Å²) in [6.45, 7) is 8.11. The molecule has 0 aromatic rings. The molecule has 1 amide bonds. The molecule has 0 heterocycles. The van der Waals surface area contributed by atoms with Gasteiger partial charge in [-0.05, 0) is 27.8 Å². The summed E-state index contributed by atoms with van der Waals surface area (Å²) in [4.78, 5) is 13.4. The molecule has 0 fully saturated rings. The summed E-state index contributed by atoms with van der Waals surface area (Å²) in [6.07, 6.45) is 0. The van der Waals surface area contributed by atoms with Crippen LogP contribution in [0.2, 0.25) is 0 Å². The largest absolute Gasteiger partial charge is 0.301 e. The van der Waals surface area contributed by atoms with Gasteiger partial charge in [-0.15, -0.1) is 0 Å². The second-order valence-corrected chi connectivity index (χ2v) is 3.80. The van der Waals surface area contributed by atoms with Gasteiger partial charge in [-0.3, -0.25) is 10.2 Å². The minimum Gasteiger partial charge on any atom is -0.301 e. The number of hydrogen-bond donors (Lipinski definition) is 2. The van der Waals surface area contributed by atoms with E-state index in [2.05, 4.69) is 24.2 Å². The molecule has 2 unspecified atom stereocenters. The zero-order chi connectivity index (χ0) is 10.6. The Hall–Kier alpha value is -0.610. The van der Waals surface area contributed by atoms with Gasteiger partial charge in [0.2, 0.25) is 5.91 Å². The van der Waals surface area contributed by atoms with Crippen molar-refractivity contribution in [2.24, 2.45) is 11.8 Å². The molecule has 0 aromatic heterocycles. The fraction of sp³-hybridized carbons (Fsp3) is 0.889. The minimum atomic E-state index is -0.111. The molecule has 0 bridgehead atoms. The highest BCUT2D eigenvalue weighted by Crippen LogP contribution is 2.11. The van der Waals surface area contributed by atoms with Gasteiger partial charge < -0.3 is 4.90 Å². The molecule has 0 aliphatic heterocycles. The van der Waals surface area contributed by atoms with E-state index in [-0.39, 0.29) is 17.9 Å². The fourth-order valence-electron chi connectivity index (χ4n) is 1.17. The maximum atomic E-state index is 11.2. The number of carbonyl (C=O) groups is 1. The molecule has 3 N–H and O–H groups in total. The number of hydrogen-bond acceptors (Lipinski definition) is 3. The Labute approximate surface area is 80.4 Å². The molecule has 0 radical (unpaired) electrons. The van der Waals surface area contributed by atoms with Crippen LogP contribution in [-0.4, -0.2) is 29.9 Å². The third-order valence-electron chi connectivity index (χ3n) is 2.74. The van der Waals surface area contributed by atoms with E-state index in [1.54, 1.807) is 0 Å². The summed E-state index contributed by atoms with van der Waals surface area (Å²) in [7, 11) is 2.01. The van der Waals surface area contributed by atoms with Crippen LogP contribution in [0.4, 0.5) is 0 Å². The van der Waals surface area contributed by atoms with Crippen LogP contribution in [0.1, 0.15) is 27.7 Å². The van der Waals surface area contributed by atoms with Crippen molar-refractivity contribution in [3.63, 3.8) is 0 Å². The van der Waals surface area contributed by atoms with Crippen LogP contribution in [0.5, 0.6) is 0 Å². The highest BCUT2D eigenvalue weighted by molar-refractivity contribution is 5.78. The lowest BCUT2D eigenvalue weighted by molar-refractivity contribution is -0.126. The molecule has 0 aromatic carbocycles. The number of amides is 1. The highest BCUT2D eigenvalue weighted by Gasteiger charge is 2.23. The quantitative estimate of drug-likeness (QED) is 0.379. The van der Waals surface area contributed by atoms with Crippen molar-refractivity contribution in [3.05, 3.63) is 0 Å². The summed E-state index contributed by atoms with van der Waals surface area (Å²) in [5.74, 6) is 4.87. The molecular weight excluding hydrogens is 166 g/mol. The highest BCUT2D eigenvalue weighted by atomic mass is 16.2. The Balaban J connectivity index is 4.24. The predicted octanol–water partition coefficient (Wildman–Crippen LogP) is 0.341. The Kier molecular flexibility index (Phi) is 4.95. The third kappa shape index (κ3) is 3.32. The van der Waals surface area contributed by atoms with Gasteiger partial charge in [0.15, 0.2) is 0 Å². The standard InChI is InChI=1S/C9H21N3O/c1-6(2)12(5)8(4)7(3)9(13)11-10/h6-8H,10H2,1-5H3,(H,11,13). The monoisotopic (exact) mass is 187 g/mol. The van der Waals surface area contributed by atoms with E-state index in [9.17, 15) is 4.79 Å². The SMILES string of the molecule is CC(C(=O)NN)C(C)N(C)C(C)C. The average Bonchev–Trinajstić information content (AvgIpc) is 2.12. The molecule has 78 valence electrons. The van der Waals surface area contributed by atoms with Crippen LogP contribution in [0.25, 0.3) is 0 Å². The Morgan fingerprint density at radius 1 is 1.31 bits per heavy atom. The summed E-state index contributed by atoms with van der Waals surface area (Å²) in [6, 6.07) is 0.631. The number of hydrazine groups is 1. The summed E-state index contributed by atoms with van der Waals surface area (Å²) in [5.41, 5.74) is 2.17. The van der Waals surface area contributed by atoms with E-state index in [1.807, 2.05) is 20.9 Å². The number of nitrogens with zero attached hydrogens (tertiary/aromatic N) is 1. The van der Waals surface area contributed by atoms with Crippen molar-refractivity contribution in [1.29, 1.82) is 0 Å². The maximum absolute atomic E-state index is 11.2. The van der Waals surface area contributed by atoms with E-state index in [4.69, 9.17) is 5.84 Å². The van der Waals surface area contributed by atoms with Gasteiger partial charge in [0.1, 0.15) is 0 Å². The molecule has 0 aliphatic carbocycles. The Morgan fingerprint density at radius 3 is 2.08 bits per heavy atom. The van der Waals surface area contributed by atoms with E-state index < -0.39 is 0 Å². The predicted molar refractivity (Wildman–Crippen MR) is 53.9 cm³/mol. The molecule has 0 saturated heterocycles. The average molecular weight is 187 g/mol. The van der Waals surface area contributed by atoms with Crippen LogP contribution >= 0.6 is 0 Å². The van der Waals surface area contributed by atoms with Crippen LogP contribution in [-0.2, 0) is 4.79 Å². The molecule has 13 heavy (non-hydrogen) atoms. The summed E-state index contributed by atoms with van der Waals surface area (Å²) in [5, 5.41) is 0. The van der Waals surface area contributed by atoms with E-state index in [0.29, 0.717) is 6.04 Å². The first-order chi connectivity index (χ1) is 5.91. The Morgan fingerprint density at radius 2 is 1.77 bits per heavy atom. The number of nitrogens with one attached hydrogen (secondary N) is 1. The first-order valence-electron chi connectivity index (χ1n) is 4.64. The molecule has 0 saturated carbocycles. The van der Waals surface area contributed by atoms with E-state index in [0.717, 1.165) is 0 Å². The topological polar surface area (TPSA) is 58.4 Å². The van der Waals surface area contributed by atoms with Crippen LogP contribution in [0, 0.1) is 5.92 Å². The van der Waals surface area contributed by atoms with Gasteiger partial charge >= 0.3 is 0 Å². The molecule has 2 atom stereocenters. The zero-order valence-electron chi connectivity index (χ0n) is 9.16. The van der Waals surface area contributed by atoms with Crippen molar-refractivity contribution < 1.29 is 4.79 Å². The summed E-state index contributed by atoms with van der Waals surface area (Å²) < 4.78 is 0. The van der Waals surface area contributed by atoms with E-state index >= 15 is 0 Å². The zero-order valence-corrected chi connectivity index (χ0v) is 9.16. The molecule has 0 rings (SSSR count). The number of carbonyl (C=O) groups excluding carboxylic acids is 1. The van der Waals surface area contributed by atoms with Gasteiger partial charge in [-0.2, -0.15) is 0 Å². The van der Waals surface area contributed by atoms with Crippen LogP contribution in [0.3, 0.4) is 0 Å². The van der Waals surface area contributed by atoms with Crippen molar-refractivity contribution in [2.45, 2.75) is 39.8 Å². The molecular formula is C9H21N3O. The smallest absolute Gasteiger partial charge is 0.238 e. The molecule has 0 aliphatic rings. The van der Waals surface area contributed by atoms with Crippen molar-refractivity contribution >= 4 is 5.91 Å². The van der Waals surface area contributed by atoms with Crippen LogP contribution in [0.15, 0.2) is 0 Å². The van der Waals surface area contributed by atoms with Gasteiger partial charge in [0.25, 0.3) is 0 Å². The first-order valence-corrected chi connectivity index (χ1v) is 4.64. The van der Waals surface area contributed by atoms with Crippen LogP contribution < -0.4 is 11.3 Å². The van der Waals surface area contributed by atoms with Gasteiger partial charge in [-0.1, -0.05) is 6.92 Å². The van der Waals surface area contributed by atoms with Crippen molar-refractivity contribution in [1.82, 2.24) is 10.3 Å². The third-order valence-corrected chi connectivity index (χ3v) is 2.74. The number of rotatable bonds is 4. The molecule has 4 heteroatoms. The van der Waals surface area contributed by atoms with Crippen molar-refractivity contribution in [2.75, 3.05) is 7.05 Å². The fourth-order valence-corrected chi connectivity index (χ4v) is 1.17. The second kappa shape index (κ2) is 5.19. The molecule has 0 spiro atoms. The van der Waals surface area contributed by atoms with Crippen molar-refractivity contribution in [3.8, 4) is 0 Å². The number of nitrogens with two attached hydrogens (primary N) is 1. The lowest BCUT2D eigenvalue weighted by Crippen LogP contribution is -2.46. The Bertz CT molecular complexity index is 170. The minimum absolute atomic E-state index is 0.0857. The first kappa shape index (κ1) is 12.4. The van der Waals surface area contributed by atoms with E-state index in [1.165, 1.54) is 0 Å². The lowest BCUT2D eigenvalue weighted by Gasteiger charge is -2.31. The van der Waals surface area contributed by atoms with Gasteiger partial charge in [0.05, 0.1) is 5.92 Å². The summed E-state index contributed by atoms with van der Waals surface area (Å²) >= 11 is 0. The maximum Gasteiger partial charge on any atom is 0.238 e. The second-order valence-electron chi connectivity index (χ2n) is 3.80. The lowest BCUT2D eigenvalue weighted by atomic mass is 10.0. The van der Waals surface area contributed by atoms with Gasteiger partial charge in [0, 0.05) is 12.1 Å². The normalized spacial score (nSPS) is 16.0. The van der Waals surface area contributed by atoms with Gasteiger partial charge in [-0.25, -0.2) is 5.84 Å². The molecule has 4 nitrogen and oxygen atoms in total.